The summed E-state index contributed by atoms with van der Waals surface area (Å²) in [4.78, 5) is 24.1. The molecule has 0 radical (unpaired) electrons. The molecule has 0 bridgehead atoms. The van der Waals surface area contributed by atoms with Crippen molar-refractivity contribution in [3.63, 3.8) is 0 Å². The largest absolute Gasteiger partial charge is 0.355 e. The molecule has 0 spiro atoms. The topological polar surface area (TPSA) is 82.3 Å². The molecule has 0 saturated carbocycles. The highest BCUT2D eigenvalue weighted by Crippen LogP contribution is 2.22. The second-order valence-electron chi connectivity index (χ2n) is 5.69. The van der Waals surface area contributed by atoms with Crippen LogP contribution in [0.15, 0.2) is 54.6 Å². The van der Waals surface area contributed by atoms with Gasteiger partial charge in [0.2, 0.25) is 5.91 Å². The second kappa shape index (κ2) is 7.25. The third-order valence-electron chi connectivity index (χ3n) is 4.04. The van der Waals surface area contributed by atoms with Gasteiger partial charge in [0.05, 0.1) is 0 Å². The standard InChI is InChI=1S/C18H20N4O2/c1-19-17(23)13-8-5-9-14(10-13)20-18(24)16-11-15(21-22-16)12-6-3-2-4-7-12/h2-10,15-16,21-22H,11H2,1H3,(H,19,23)(H,20,24). The van der Waals surface area contributed by atoms with E-state index < -0.39 is 0 Å². The molecule has 1 saturated heterocycles. The zero-order valence-electron chi connectivity index (χ0n) is 13.4. The lowest BCUT2D eigenvalue weighted by molar-refractivity contribution is -0.117. The Labute approximate surface area is 140 Å². The van der Waals surface area contributed by atoms with Crippen LogP contribution in [0.4, 0.5) is 5.69 Å². The molecule has 24 heavy (non-hydrogen) atoms. The molecule has 0 aliphatic carbocycles. The molecule has 4 N–H and O–H groups in total. The first-order valence-electron chi connectivity index (χ1n) is 7.86. The molecule has 1 aliphatic heterocycles. The van der Waals surface area contributed by atoms with E-state index in [9.17, 15) is 9.59 Å². The van der Waals surface area contributed by atoms with Crippen LogP contribution < -0.4 is 21.5 Å². The summed E-state index contributed by atoms with van der Waals surface area (Å²) in [7, 11) is 1.57. The fraction of sp³-hybridized carbons (Fsp3) is 0.222. The Morgan fingerprint density at radius 3 is 2.58 bits per heavy atom. The Morgan fingerprint density at radius 1 is 1.04 bits per heavy atom. The lowest BCUT2D eigenvalue weighted by Crippen LogP contribution is -2.39. The van der Waals surface area contributed by atoms with Crippen LogP contribution in [-0.4, -0.2) is 24.9 Å². The Kier molecular flexibility index (Phi) is 4.88. The van der Waals surface area contributed by atoms with E-state index in [1.807, 2.05) is 30.3 Å². The molecule has 6 heteroatoms. The van der Waals surface area contributed by atoms with Gasteiger partial charge in [-0.05, 0) is 30.2 Å². The second-order valence-corrected chi connectivity index (χ2v) is 5.69. The SMILES string of the molecule is CNC(=O)c1cccc(NC(=O)C2CC(c3ccccc3)NN2)c1. The zero-order chi connectivity index (χ0) is 16.9. The van der Waals surface area contributed by atoms with Gasteiger partial charge in [0, 0.05) is 24.3 Å². The van der Waals surface area contributed by atoms with Crippen LogP contribution in [0.2, 0.25) is 0 Å². The van der Waals surface area contributed by atoms with Gasteiger partial charge in [-0.25, -0.2) is 10.9 Å². The van der Waals surface area contributed by atoms with Gasteiger partial charge in [0.15, 0.2) is 0 Å². The number of nitrogens with one attached hydrogen (secondary N) is 4. The molecule has 2 atom stereocenters. The summed E-state index contributed by atoms with van der Waals surface area (Å²) in [6, 6.07) is 16.6. The number of benzene rings is 2. The van der Waals surface area contributed by atoms with Crippen molar-refractivity contribution >= 4 is 17.5 Å². The van der Waals surface area contributed by atoms with E-state index in [4.69, 9.17) is 0 Å². The van der Waals surface area contributed by atoms with Gasteiger partial charge in [0.25, 0.3) is 5.91 Å². The van der Waals surface area contributed by atoms with E-state index >= 15 is 0 Å². The number of rotatable bonds is 4. The predicted molar refractivity (Wildman–Crippen MR) is 92.3 cm³/mol. The van der Waals surface area contributed by atoms with Crippen molar-refractivity contribution in [2.45, 2.75) is 18.5 Å². The van der Waals surface area contributed by atoms with Gasteiger partial charge in [0.1, 0.15) is 6.04 Å². The highest BCUT2D eigenvalue weighted by molar-refractivity contribution is 5.98. The van der Waals surface area contributed by atoms with Crippen molar-refractivity contribution in [1.29, 1.82) is 0 Å². The molecule has 2 unspecified atom stereocenters. The lowest BCUT2D eigenvalue weighted by Gasteiger charge is -2.11. The number of hydrazine groups is 1. The summed E-state index contributed by atoms with van der Waals surface area (Å²) in [5, 5.41) is 5.42. The highest BCUT2D eigenvalue weighted by Gasteiger charge is 2.30. The van der Waals surface area contributed by atoms with Gasteiger partial charge in [-0.1, -0.05) is 36.4 Å². The number of amides is 2. The molecular weight excluding hydrogens is 304 g/mol. The molecule has 2 aromatic carbocycles. The number of anilines is 1. The predicted octanol–water partition coefficient (Wildman–Crippen LogP) is 1.59. The minimum atomic E-state index is -0.334. The van der Waals surface area contributed by atoms with Gasteiger partial charge in [-0.2, -0.15) is 0 Å². The molecule has 2 aromatic rings. The molecule has 1 fully saturated rings. The van der Waals surface area contributed by atoms with Crippen molar-refractivity contribution < 1.29 is 9.59 Å². The lowest BCUT2D eigenvalue weighted by atomic mass is 10.0. The first-order chi connectivity index (χ1) is 11.7. The number of carbonyl (C=O) groups excluding carboxylic acids is 2. The third kappa shape index (κ3) is 3.61. The average molecular weight is 324 g/mol. The van der Waals surface area contributed by atoms with Gasteiger partial charge in [-0.15, -0.1) is 0 Å². The summed E-state index contributed by atoms with van der Waals surface area (Å²) >= 11 is 0. The quantitative estimate of drug-likeness (QED) is 0.688. The molecule has 3 rings (SSSR count). The molecule has 0 aromatic heterocycles. The van der Waals surface area contributed by atoms with Crippen LogP contribution in [0.25, 0.3) is 0 Å². The maximum atomic E-state index is 12.4. The van der Waals surface area contributed by atoms with Gasteiger partial charge < -0.3 is 10.6 Å². The smallest absolute Gasteiger partial charge is 0.251 e. The first-order valence-corrected chi connectivity index (χ1v) is 7.86. The number of hydrogen-bond acceptors (Lipinski definition) is 4. The van der Waals surface area contributed by atoms with E-state index in [2.05, 4.69) is 21.5 Å². The Morgan fingerprint density at radius 2 is 1.83 bits per heavy atom. The van der Waals surface area contributed by atoms with Crippen LogP contribution in [0.5, 0.6) is 0 Å². The van der Waals surface area contributed by atoms with E-state index in [1.165, 1.54) is 0 Å². The molecule has 1 aliphatic rings. The molecular formula is C18H20N4O2. The molecule has 2 amide bonds. The fourth-order valence-electron chi connectivity index (χ4n) is 2.74. The Balaban J connectivity index is 1.63. The van der Waals surface area contributed by atoms with Crippen LogP contribution in [0.1, 0.15) is 28.4 Å². The highest BCUT2D eigenvalue weighted by atomic mass is 16.2. The zero-order valence-corrected chi connectivity index (χ0v) is 13.4. The van der Waals surface area contributed by atoms with Crippen LogP contribution in [-0.2, 0) is 4.79 Å². The van der Waals surface area contributed by atoms with Crippen LogP contribution >= 0.6 is 0 Å². The van der Waals surface area contributed by atoms with Gasteiger partial charge in [-0.3, -0.25) is 9.59 Å². The van der Waals surface area contributed by atoms with E-state index in [0.717, 1.165) is 5.56 Å². The minimum Gasteiger partial charge on any atom is -0.355 e. The van der Waals surface area contributed by atoms with Crippen molar-refractivity contribution in [1.82, 2.24) is 16.2 Å². The first kappa shape index (κ1) is 16.2. The van der Waals surface area contributed by atoms with Crippen LogP contribution in [0.3, 0.4) is 0 Å². The molecule has 124 valence electrons. The summed E-state index contributed by atoms with van der Waals surface area (Å²) in [6.45, 7) is 0. The van der Waals surface area contributed by atoms with E-state index in [-0.39, 0.29) is 23.9 Å². The summed E-state index contributed by atoms with van der Waals surface area (Å²) in [5.74, 6) is -0.314. The van der Waals surface area contributed by atoms with Crippen molar-refractivity contribution in [2.24, 2.45) is 0 Å². The Hall–Kier alpha value is -2.70. The monoisotopic (exact) mass is 324 g/mol. The number of carbonyl (C=O) groups is 2. The summed E-state index contributed by atoms with van der Waals surface area (Å²) in [6.07, 6.45) is 0.658. The minimum absolute atomic E-state index is 0.0964. The van der Waals surface area contributed by atoms with E-state index in [1.54, 1.807) is 31.3 Å². The molecule has 1 heterocycles. The van der Waals surface area contributed by atoms with Crippen molar-refractivity contribution in [2.75, 3.05) is 12.4 Å². The third-order valence-corrected chi connectivity index (χ3v) is 4.04. The maximum absolute atomic E-state index is 12.4. The van der Waals surface area contributed by atoms with Crippen LogP contribution in [0, 0.1) is 0 Å². The van der Waals surface area contributed by atoms with E-state index in [0.29, 0.717) is 17.7 Å². The van der Waals surface area contributed by atoms with Crippen molar-refractivity contribution in [3.8, 4) is 0 Å². The Bertz CT molecular complexity index is 733. The maximum Gasteiger partial charge on any atom is 0.251 e. The molecule has 6 nitrogen and oxygen atoms in total. The van der Waals surface area contributed by atoms with Crippen molar-refractivity contribution in [3.05, 3.63) is 65.7 Å². The van der Waals surface area contributed by atoms with Gasteiger partial charge >= 0.3 is 0 Å². The average Bonchev–Trinajstić information content (AvgIpc) is 3.12. The number of hydrogen-bond donors (Lipinski definition) is 4. The summed E-state index contributed by atoms with van der Waals surface area (Å²) < 4.78 is 0. The summed E-state index contributed by atoms with van der Waals surface area (Å²) in [5.41, 5.74) is 8.44. The fourth-order valence-corrected chi connectivity index (χ4v) is 2.74. The normalized spacial score (nSPS) is 19.7.